The zero-order valence-electron chi connectivity index (χ0n) is 15.4. The first-order valence-electron chi connectivity index (χ1n) is 9.15. The number of allylic oxidation sites excluding steroid dienone is 4. The highest BCUT2D eigenvalue weighted by Gasteiger charge is 2.32. The molecule has 0 aromatic heterocycles. The standard InChI is InChI=1S/C22H29N3/c1-4-17(18-11-5-6-13-20(18)24-3)15(2)25-21-14-8-10-16-9-7-12-19(23)22(16)21/h4-13,15,19,21-22,24-25H,14,23H2,1-3H3/b17-4-. The van der Waals surface area contributed by atoms with E-state index in [1.807, 2.05) is 7.05 Å². The Morgan fingerprint density at radius 1 is 1.32 bits per heavy atom. The fourth-order valence-corrected chi connectivity index (χ4v) is 4.09. The van der Waals surface area contributed by atoms with Crippen molar-refractivity contribution in [3.05, 3.63) is 71.9 Å². The quantitative estimate of drug-likeness (QED) is 0.765. The lowest BCUT2D eigenvalue weighted by molar-refractivity contribution is 0.354. The third-order valence-corrected chi connectivity index (χ3v) is 5.30. The SMILES string of the molecule is C/C=C(\c1ccccc1NC)C(C)NC1CC=CC2=CC=CC(N)C21. The molecular weight excluding hydrogens is 306 g/mol. The monoisotopic (exact) mass is 335 g/mol. The number of para-hydroxylation sites is 1. The summed E-state index contributed by atoms with van der Waals surface area (Å²) in [6.45, 7) is 4.36. The van der Waals surface area contributed by atoms with E-state index in [4.69, 9.17) is 5.73 Å². The van der Waals surface area contributed by atoms with Crippen molar-refractivity contribution in [2.24, 2.45) is 11.7 Å². The minimum absolute atomic E-state index is 0.0771. The molecule has 0 radical (unpaired) electrons. The van der Waals surface area contributed by atoms with Gasteiger partial charge >= 0.3 is 0 Å². The van der Waals surface area contributed by atoms with Crippen LogP contribution in [0.1, 0.15) is 25.8 Å². The van der Waals surface area contributed by atoms with Crippen LogP contribution in [0.15, 0.2) is 66.3 Å². The molecule has 0 aliphatic heterocycles. The van der Waals surface area contributed by atoms with E-state index in [1.165, 1.54) is 16.7 Å². The zero-order chi connectivity index (χ0) is 17.8. The van der Waals surface area contributed by atoms with Crippen LogP contribution in [0.25, 0.3) is 5.57 Å². The van der Waals surface area contributed by atoms with Gasteiger partial charge in [0.1, 0.15) is 0 Å². The molecule has 0 spiro atoms. The third-order valence-electron chi connectivity index (χ3n) is 5.30. The maximum Gasteiger partial charge on any atom is 0.0414 e. The van der Waals surface area contributed by atoms with E-state index in [2.05, 4.69) is 85.2 Å². The van der Waals surface area contributed by atoms with Crippen LogP contribution in [0, 0.1) is 5.92 Å². The predicted octanol–water partition coefficient (Wildman–Crippen LogP) is 3.88. The first kappa shape index (κ1) is 17.7. The van der Waals surface area contributed by atoms with E-state index in [0.29, 0.717) is 12.0 Å². The summed E-state index contributed by atoms with van der Waals surface area (Å²) in [6, 6.07) is 9.14. The molecule has 2 aliphatic carbocycles. The summed E-state index contributed by atoms with van der Waals surface area (Å²) in [5.74, 6) is 0.343. The van der Waals surface area contributed by atoms with Gasteiger partial charge in [-0.05, 0) is 37.5 Å². The lowest BCUT2D eigenvalue weighted by Gasteiger charge is -2.38. The fraction of sp³-hybridized carbons (Fsp3) is 0.364. The number of rotatable bonds is 5. The van der Waals surface area contributed by atoms with E-state index in [0.717, 1.165) is 12.1 Å². The first-order valence-corrected chi connectivity index (χ1v) is 9.15. The summed E-state index contributed by atoms with van der Waals surface area (Å²) in [5.41, 5.74) is 11.5. The molecule has 0 heterocycles. The van der Waals surface area contributed by atoms with Crippen molar-refractivity contribution in [1.82, 2.24) is 5.32 Å². The van der Waals surface area contributed by atoms with E-state index >= 15 is 0 Å². The number of fused-ring (bicyclic) bond motifs is 1. The molecule has 1 aromatic carbocycles. The lowest BCUT2D eigenvalue weighted by atomic mass is 9.77. The minimum Gasteiger partial charge on any atom is -0.388 e. The normalized spacial score (nSPS) is 26.8. The van der Waals surface area contributed by atoms with Crippen molar-refractivity contribution in [2.75, 3.05) is 12.4 Å². The van der Waals surface area contributed by atoms with Gasteiger partial charge in [0, 0.05) is 42.3 Å². The molecule has 4 unspecified atom stereocenters. The number of nitrogens with one attached hydrogen (secondary N) is 2. The van der Waals surface area contributed by atoms with Crippen molar-refractivity contribution < 1.29 is 0 Å². The number of hydrogen-bond donors (Lipinski definition) is 3. The van der Waals surface area contributed by atoms with E-state index in [1.54, 1.807) is 0 Å². The highest BCUT2D eigenvalue weighted by atomic mass is 15.0. The molecule has 1 aromatic rings. The number of hydrogen-bond acceptors (Lipinski definition) is 3. The van der Waals surface area contributed by atoms with Crippen molar-refractivity contribution in [3.8, 4) is 0 Å². The maximum absolute atomic E-state index is 6.39. The maximum atomic E-state index is 6.39. The van der Waals surface area contributed by atoms with Crippen molar-refractivity contribution in [3.63, 3.8) is 0 Å². The molecule has 3 nitrogen and oxygen atoms in total. The first-order chi connectivity index (χ1) is 12.2. The van der Waals surface area contributed by atoms with Crippen LogP contribution in [0.5, 0.6) is 0 Å². The average molecular weight is 335 g/mol. The summed E-state index contributed by atoms with van der Waals surface area (Å²) in [5, 5.41) is 7.15. The van der Waals surface area contributed by atoms with Crippen LogP contribution in [0.4, 0.5) is 5.69 Å². The smallest absolute Gasteiger partial charge is 0.0414 e. The van der Waals surface area contributed by atoms with E-state index in [-0.39, 0.29) is 12.1 Å². The summed E-state index contributed by atoms with van der Waals surface area (Å²) >= 11 is 0. The molecule has 3 rings (SSSR count). The predicted molar refractivity (Wildman–Crippen MR) is 108 cm³/mol. The molecule has 0 fully saturated rings. The fourth-order valence-electron chi connectivity index (χ4n) is 4.09. The van der Waals surface area contributed by atoms with Gasteiger partial charge in [0.05, 0.1) is 0 Å². The van der Waals surface area contributed by atoms with Crippen molar-refractivity contribution in [1.29, 1.82) is 0 Å². The molecule has 25 heavy (non-hydrogen) atoms. The number of nitrogens with two attached hydrogens (primary N) is 1. The van der Waals surface area contributed by atoms with Gasteiger partial charge in [-0.2, -0.15) is 0 Å². The van der Waals surface area contributed by atoms with Crippen LogP contribution in [0.3, 0.4) is 0 Å². The van der Waals surface area contributed by atoms with E-state index in [9.17, 15) is 0 Å². The minimum atomic E-state index is 0.0771. The van der Waals surface area contributed by atoms with Crippen LogP contribution in [-0.2, 0) is 0 Å². The molecule has 0 saturated heterocycles. The van der Waals surface area contributed by atoms with Crippen molar-refractivity contribution >= 4 is 11.3 Å². The van der Waals surface area contributed by atoms with Gasteiger partial charge in [-0.25, -0.2) is 0 Å². The second kappa shape index (κ2) is 7.85. The molecule has 2 aliphatic rings. The molecular formula is C22H29N3. The highest BCUT2D eigenvalue weighted by molar-refractivity contribution is 5.78. The molecule has 0 amide bonds. The van der Waals surface area contributed by atoms with Crippen LogP contribution >= 0.6 is 0 Å². The Hall–Kier alpha value is -2.10. The lowest BCUT2D eigenvalue weighted by Crippen LogP contribution is -2.50. The number of benzene rings is 1. The van der Waals surface area contributed by atoms with E-state index < -0.39 is 0 Å². The van der Waals surface area contributed by atoms with Gasteiger partial charge < -0.3 is 16.4 Å². The van der Waals surface area contributed by atoms with Crippen molar-refractivity contribution in [2.45, 2.75) is 38.4 Å². The molecule has 0 bridgehead atoms. The van der Waals surface area contributed by atoms with Gasteiger partial charge in [0.25, 0.3) is 0 Å². The van der Waals surface area contributed by atoms with Gasteiger partial charge in [0.2, 0.25) is 0 Å². The van der Waals surface area contributed by atoms with Crippen LogP contribution in [0.2, 0.25) is 0 Å². The van der Waals surface area contributed by atoms with Gasteiger partial charge in [-0.15, -0.1) is 0 Å². The van der Waals surface area contributed by atoms with Crippen LogP contribution < -0.4 is 16.4 Å². The molecule has 4 N–H and O–H groups in total. The Balaban J connectivity index is 1.81. The summed E-state index contributed by atoms with van der Waals surface area (Å²) < 4.78 is 0. The largest absolute Gasteiger partial charge is 0.388 e. The summed E-state index contributed by atoms with van der Waals surface area (Å²) in [4.78, 5) is 0. The third kappa shape index (κ3) is 3.63. The summed E-state index contributed by atoms with van der Waals surface area (Å²) in [6.07, 6.45) is 14.1. The molecule has 0 saturated carbocycles. The van der Waals surface area contributed by atoms with Crippen LogP contribution in [-0.4, -0.2) is 25.2 Å². The summed E-state index contributed by atoms with van der Waals surface area (Å²) in [7, 11) is 1.97. The molecule has 3 heteroatoms. The van der Waals surface area contributed by atoms with Gasteiger partial charge in [0.15, 0.2) is 0 Å². The number of anilines is 1. The topological polar surface area (TPSA) is 50.1 Å². The Morgan fingerprint density at radius 2 is 2.12 bits per heavy atom. The second-order valence-electron chi connectivity index (χ2n) is 6.83. The second-order valence-corrected chi connectivity index (χ2v) is 6.83. The van der Waals surface area contributed by atoms with Gasteiger partial charge in [-0.3, -0.25) is 0 Å². The Labute approximate surface area is 151 Å². The Kier molecular flexibility index (Phi) is 5.57. The average Bonchev–Trinajstić information content (AvgIpc) is 2.63. The zero-order valence-corrected chi connectivity index (χ0v) is 15.4. The molecule has 4 atom stereocenters. The van der Waals surface area contributed by atoms with Gasteiger partial charge in [-0.1, -0.05) is 54.7 Å². The Bertz CT molecular complexity index is 727. The Morgan fingerprint density at radius 3 is 2.88 bits per heavy atom. The highest BCUT2D eigenvalue weighted by Crippen LogP contribution is 2.32. The molecule has 132 valence electrons.